The Morgan fingerprint density at radius 1 is 0.472 bits per heavy atom. The van der Waals surface area contributed by atoms with Gasteiger partial charge in [0.05, 0.1) is 18.8 Å². The lowest BCUT2D eigenvalue weighted by atomic mass is 10.0. The Bertz CT molecular complexity index is 866. The van der Waals surface area contributed by atoms with Gasteiger partial charge in [0, 0.05) is 6.42 Å². The lowest BCUT2D eigenvalue weighted by Gasteiger charge is -2.26. The molecule has 0 fully saturated rings. The second-order valence-electron chi connectivity index (χ2n) is 15.6. The summed E-state index contributed by atoms with van der Waals surface area (Å²) in [7, 11) is 0. The zero-order valence-electron chi connectivity index (χ0n) is 35.1. The lowest BCUT2D eigenvalue weighted by molar-refractivity contribution is -0.124. The molecule has 3 unspecified atom stereocenters. The van der Waals surface area contributed by atoms with Gasteiger partial charge in [-0.1, -0.05) is 191 Å². The molecular weight excluding hydrogens is 655 g/mol. The van der Waals surface area contributed by atoms with Crippen LogP contribution in [-0.4, -0.2) is 46.1 Å². The van der Waals surface area contributed by atoms with Crippen molar-refractivity contribution in [2.24, 2.45) is 0 Å². The molecule has 0 aromatic carbocycles. The Labute approximate surface area is 329 Å². The zero-order valence-corrected chi connectivity index (χ0v) is 35.1. The van der Waals surface area contributed by atoms with Gasteiger partial charge in [-0.3, -0.25) is 4.79 Å². The van der Waals surface area contributed by atoms with E-state index in [4.69, 9.17) is 0 Å². The maximum Gasteiger partial charge on any atom is 0.220 e. The molecule has 1 amide bonds. The molecule has 3 atom stereocenters. The van der Waals surface area contributed by atoms with E-state index in [0.717, 1.165) is 51.4 Å². The highest BCUT2D eigenvalue weighted by molar-refractivity contribution is 5.76. The number of hydrogen-bond acceptors (Lipinski definition) is 4. The molecule has 0 saturated carbocycles. The van der Waals surface area contributed by atoms with Gasteiger partial charge in [0.1, 0.15) is 6.10 Å². The van der Waals surface area contributed by atoms with Crippen molar-refractivity contribution in [2.45, 2.75) is 244 Å². The molecule has 0 aliphatic carbocycles. The van der Waals surface area contributed by atoms with Crippen molar-refractivity contribution >= 4 is 5.91 Å². The maximum absolute atomic E-state index is 12.4. The first-order chi connectivity index (χ1) is 26.1. The number of aliphatic hydroxyl groups excluding tert-OH is 3. The molecule has 0 aromatic rings. The molecule has 0 radical (unpaired) electrons. The van der Waals surface area contributed by atoms with Crippen molar-refractivity contribution in [3.63, 3.8) is 0 Å². The van der Waals surface area contributed by atoms with E-state index in [1.807, 2.05) is 0 Å². The Hall–Kier alpha value is -1.69. The van der Waals surface area contributed by atoms with Crippen LogP contribution in [0, 0.1) is 0 Å². The van der Waals surface area contributed by atoms with Crippen molar-refractivity contribution in [3.8, 4) is 0 Å². The van der Waals surface area contributed by atoms with Crippen LogP contribution >= 0.6 is 0 Å². The summed E-state index contributed by atoms with van der Waals surface area (Å²) in [5.74, 6) is -0.171. The summed E-state index contributed by atoms with van der Waals surface area (Å²) in [6.45, 7) is 4.13. The van der Waals surface area contributed by atoms with E-state index in [1.54, 1.807) is 0 Å². The molecule has 0 saturated heterocycles. The summed E-state index contributed by atoms with van der Waals surface area (Å²) in [5.41, 5.74) is 0. The Kier molecular flexibility index (Phi) is 41.7. The number of rotatable bonds is 41. The molecule has 5 heteroatoms. The Balaban J connectivity index is 3.69. The summed E-state index contributed by atoms with van der Waals surface area (Å²) in [6, 6.07) is -0.839. The molecule has 0 aromatic heterocycles. The molecule has 5 nitrogen and oxygen atoms in total. The lowest BCUT2D eigenvalue weighted by Crippen LogP contribution is -2.50. The van der Waals surface area contributed by atoms with Crippen LogP contribution in [-0.2, 0) is 4.79 Å². The summed E-state index contributed by atoms with van der Waals surface area (Å²) in [6.07, 6.45) is 55.1. The predicted octanol–water partition coefficient (Wildman–Crippen LogP) is 13.3. The van der Waals surface area contributed by atoms with E-state index in [2.05, 4.69) is 67.8 Å². The van der Waals surface area contributed by atoms with Crippen molar-refractivity contribution in [3.05, 3.63) is 48.6 Å². The van der Waals surface area contributed by atoms with Crippen LogP contribution in [0.3, 0.4) is 0 Å². The smallest absolute Gasteiger partial charge is 0.220 e. The van der Waals surface area contributed by atoms with Crippen molar-refractivity contribution in [1.29, 1.82) is 0 Å². The molecule has 0 heterocycles. The third-order valence-corrected chi connectivity index (χ3v) is 10.4. The molecule has 4 N–H and O–H groups in total. The highest BCUT2D eigenvalue weighted by atomic mass is 16.3. The molecule has 0 aliphatic rings. The van der Waals surface area contributed by atoms with Gasteiger partial charge in [0.25, 0.3) is 0 Å². The molecule has 0 rings (SSSR count). The number of allylic oxidation sites excluding steroid dienone is 8. The SMILES string of the molecule is CCCCC/C=C\C=C/CCCCCCCCC(=O)NC(CO)C(O)C(O)CCC/C=C/CC/C=C/CCCCCCCCCCCCCCCCC. The van der Waals surface area contributed by atoms with Crippen LogP contribution in [0.15, 0.2) is 48.6 Å². The minimum atomic E-state index is -1.17. The minimum Gasteiger partial charge on any atom is -0.394 e. The topological polar surface area (TPSA) is 89.8 Å². The van der Waals surface area contributed by atoms with Crippen molar-refractivity contribution in [1.82, 2.24) is 5.32 Å². The summed E-state index contributed by atoms with van der Waals surface area (Å²) >= 11 is 0. The van der Waals surface area contributed by atoms with E-state index in [0.29, 0.717) is 12.8 Å². The quantitative estimate of drug-likeness (QED) is 0.0285. The first-order valence-corrected chi connectivity index (χ1v) is 22.9. The van der Waals surface area contributed by atoms with E-state index in [1.165, 1.54) is 148 Å². The van der Waals surface area contributed by atoms with Crippen LogP contribution in [0.1, 0.15) is 226 Å². The number of carbonyl (C=O) groups is 1. The summed E-state index contributed by atoms with van der Waals surface area (Å²) in [4.78, 5) is 12.4. The van der Waals surface area contributed by atoms with Crippen LogP contribution in [0.4, 0.5) is 0 Å². The van der Waals surface area contributed by atoms with E-state index in [-0.39, 0.29) is 12.5 Å². The summed E-state index contributed by atoms with van der Waals surface area (Å²) < 4.78 is 0. The Morgan fingerprint density at radius 3 is 1.30 bits per heavy atom. The van der Waals surface area contributed by atoms with Gasteiger partial charge in [-0.05, 0) is 77.0 Å². The second kappa shape index (κ2) is 43.0. The van der Waals surface area contributed by atoms with Gasteiger partial charge < -0.3 is 20.6 Å². The average molecular weight is 744 g/mol. The average Bonchev–Trinajstić information content (AvgIpc) is 3.16. The fourth-order valence-electron chi connectivity index (χ4n) is 6.82. The van der Waals surface area contributed by atoms with Gasteiger partial charge in [0.15, 0.2) is 0 Å². The first kappa shape index (κ1) is 51.3. The standard InChI is InChI=1S/C48H89NO4/c1-3-5-7-9-11-13-15-17-19-20-21-22-23-24-25-26-27-29-30-32-34-36-38-40-42-46(51)48(53)45(44-50)49-47(52)43-41-39-37-35-33-31-28-18-16-14-12-10-8-6-4-2/h12,14,16,18,27,29,34,36,45-46,48,50-51,53H,3-11,13,15,17,19-26,28,30-33,35,37-44H2,1-2H3,(H,49,52)/b14-12-,18-16-,29-27+,36-34+. The normalized spacial score (nSPS) is 14.0. The zero-order chi connectivity index (χ0) is 38.7. The minimum absolute atomic E-state index is 0.171. The second-order valence-corrected chi connectivity index (χ2v) is 15.6. The highest BCUT2D eigenvalue weighted by Gasteiger charge is 2.26. The number of unbranched alkanes of at least 4 members (excludes halogenated alkanes) is 26. The van der Waals surface area contributed by atoms with Gasteiger partial charge in [0.2, 0.25) is 5.91 Å². The molecule has 310 valence electrons. The number of carbonyl (C=O) groups excluding carboxylic acids is 1. The van der Waals surface area contributed by atoms with Crippen LogP contribution in [0.2, 0.25) is 0 Å². The van der Waals surface area contributed by atoms with Gasteiger partial charge >= 0.3 is 0 Å². The van der Waals surface area contributed by atoms with Crippen molar-refractivity contribution in [2.75, 3.05) is 6.61 Å². The highest BCUT2D eigenvalue weighted by Crippen LogP contribution is 2.15. The van der Waals surface area contributed by atoms with E-state index < -0.39 is 18.2 Å². The van der Waals surface area contributed by atoms with E-state index in [9.17, 15) is 20.1 Å². The fraction of sp³-hybridized carbons (Fsp3) is 0.812. The van der Waals surface area contributed by atoms with Gasteiger partial charge in [-0.25, -0.2) is 0 Å². The molecule has 0 bridgehead atoms. The molecular formula is C48H89NO4. The number of nitrogens with one attached hydrogen (secondary N) is 1. The monoisotopic (exact) mass is 744 g/mol. The van der Waals surface area contributed by atoms with Crippen LogP contribution in [0.25, 0.3) is 0 Å². The van der Waals surface area contributed by atoms with Crippen LogP contribution < -0.4 is 5.32 Å². The molecule has 0 spiro atoms. The third kappa shape index (κ3) is 38.4. The number of aliphatic hydroxyl groups is 3. The third-order valence-electron chi connectivity index (χ3n) is 10.4. The summed E-state index contributed by atoms with van der Waals surface area (Å²) in [5, 5.41) is 33.5. The maximum atomic E-state index is 12.4. The largest absolute Gasteiger partial charge is 0.394 e. The molecule has 53 heavy (non-hydrogen) atoms. The number of amides is 1. The van der Waals surface area contributed by atoms with Gasteiger partial charge in [-0.15, -0.1) is 0 Å². The Morgan fingerprint density at radius 2 is 0.830 bits per heavy atom. The molecule has 0 aliphatic heterocycles. The van der Waals surface area contributed by atoms with Crippen molar-refractivity contribution < 1.29 is 20.1 Å². The van der Waals surface area contributed by atoms with Crippen LogP contribution in [0.5, 0.6) is 0 Å². The van der Waals surface area contributed by atoms with Gasteiger partial charge in [-0.2, -0.15) is 0 Å². The fourth-order valence-corrected chi connectivity index (χ4v) is 6.82. The number of hydrogen-bond donors (Lipinski definition) is 4. The predicted molar refractivity (Wildman–Crippen MR) is 231 cm³/mol. The van der Waals surface area contributed by atoms with E-state index >= 15 is 0 Å². The first-order valence-electron chi connectivity index (χ1n) is 22.9.